The molecule has 8 heteroatoms. The third-order valence-corrected chi connectivity index (χ3v) is 4.98. The maximum atomic E-state index is 12.7. The van der Waals surface area contributed by atoms with E-state index in [1.807, 2.05) is 30.0 Å². The van der Waals surface area contributed by atoms with Gasteiger partial charge in [0.2, 0.25) is 0 Å². The van der Waals surface area contributed by atoms with E-state index in [0.717, 1.165) is 17.2 Å². The number of nitrogens with one attached hydrogen (secondary N) is 1. The Labute approximate surface area is 174 Å². The third kappa shape index (κ3) is 4.36. The monoisotopic (exact) mass is 399 g/mol. The second kappa shape index (κ2) is 8.57. The molecule has 1 fully saturated rings. The number of carbonyl (C=O) groups is 1. The fourth-order valence-corrected chi connectivity index (χ4v) is 3.33. The molecule has 0 spiro atoms. The molecular weight excluding hydrogens is 378 g/mol. The lowest BCUT2D eigenvalue weighted by Gasteiger charge is -2.35. The van der Waals surface area contributed by atoms with Crippen molar-refractivity contribution < 1.29 is 4.79 Å². The van der Waals surface area contributed by atoms with Gasteiger partial charge < -0.3 is 15.1 Å². The van der Waals surface area contributed by atoms with Gasteiger partial charge in [0.05, 0.1) is 11.6 Å². The molecule has 0 unspecified atom stereocenters. The van der Waals surface area contributed by atoms with Crippen molar-refractivity contribution in [2.75, 3.05) is 36.4 Å². The van der Waals surface area contributed by atoms with Crippen molar-refractivity contribution in [3.63, 3.8) is 0 Å². The number of aromatic nitrogens is 3. The summed E-state index contributed by atoms with van der Waals surface area (Å²) in [5, 5.41) is 12.1. The van der Waals surface area contributed by atoms with Crippen molar-refractivity contribution in [1.29, 1.82) is 5.26 Å². The number of piperazine rings is 1. The standard InChI is InChI=1S/C22H21N7O/c1-16-6-7-24-19(12-16)27-20-13-21(26-15-25-20)28-8-10-29(11-9-28)22(30)18-4-2-17(14-23)3-5-18/h2-7,12-13,15H,8-11H2,1H3,(H,24,25,26,27). The minimum atomic E-state index is -0.0188. The molecule has 0 saturated carbocycles. The van der Waals surface area contributed by atoms with Gasteiger partial charge in [-0.1, -0.05) is 0 Å². The zero-order valence-corrected chi connectivity index (χ0v) is 16.6. The lowest BCUT2D eigenvalue weighted by Crippen LogP contribution is -2.49. The van der Waals surface area contributed by atoms with Gasteiger partial charge in [0, 0.05) is 44.0 Å². The van der Waals surface area contributed by atoms with Crippen molar-refractivity contribution in [3.05, 3.63) is 71.7 Å². The van der Waals surface area contributed by atoms with Crippen LogP contribution in [0.25, 0.3) is 0 Å². The smallest absolute Gasteiger partial charge is 0.253 e. The third-order valence-electron chi connectivity index (χ3n) is 4.98. The number of nitrogens with zero attached hydrogens (tertiary/aromatic N) is 6. The number of rotatable bonds is 4. The number of pyridine rings is 1. The lowest BCUT2D eigenvalue weighted by molar-refractivity contribution is 0.0746. The molecule has 1 aliphatic heterocycles. The first kappa shape index (κ1) is 19.3. The van der Waals surface area contributed by atoms with E-state index in [1.54, 1.807) is 30.5 Å². The van der Waals surface area contributed by atoms with Crippen LogP contribution in [0.15, 0.2) is 55.0 Å². The molecule has 1 aromatic carbocycles. The van der Waals surface area contributed by atoms with Crippen LogP contribution in [-0.4, -0.2) is 51.9 Å². The highest BCUT2D eigenvalue weighted by atomic mass is 16.2. The summed E-state index contributed by atoms with van der Waals surface area (Å²) in [7, 11) is 0. The second-order valence-electron chi connectivity index (χ2n) is 7.07. The van der Waals surface area contributed by atoms with Crippen molar-refractivity contribution in [3.8, 4) is 6.07 Å². The summed E-state index contributed by atoms with van der Waals surface area (Å²) < 4.78 is 0. The van der Waals surface area contributed by atoms with Gasteiger partial charge in [-0.25, -0.2) is 15.0 Å². The topological polar surface area (TPSA) is 98.0 Å². The van der Waals surface area contributed by atoms with Crippen LogP contribution in [0.2, 0.25) is 0 Å². The van der Waals surface area contributed by atoms with E-state index >= 15 is 0 Å². The van der Waals surface area contributed by atoms with E-state index in [9.17, 15) is 4.79 Å². The van der Waals surface area contributed by atoms with E-state index in [0.29, 0.717) is 43.1 Å². The molecular formula is C22H21N7O. The van der Waals surface area contributed by atoms with E-state index in [1.165, 1.54) is 6.33 Å². The Bertz CT molecular complexity index is 1080. The van der Waals surface area contributed by atoms with Crippen LogP contribution in [0.3, 0.4) is 0 Å². The van der Waals surface area contributed by atoms with Gasteiger partial charge in [0.15, 0.2) is 0 Å². The molecule has 0 atom stereocenters. The number of hydrogen-bond donors (Lipinski definition) is 1. The summed E-state index contributed by atoms with van der Waals surface area (Å²) in [5.41, 5.74) is 2.26. The Morgan fingerprint density at radius 2 is 1.73 bits per heavy atom. The Kier molecular flexibility index (Phi) is 5.52. The Morgan fingerprint density at radius 1 is 1.00 bits per heavy atom. The molecule has 0 aliphatic carbocycles. The van der Waals surface area contributed by atoms with Crippen LogP contribution in [-0.2, 0) is 0 Å². The van der Waals surface area contributed by atoms with Gasteiger partial charge in [0.25, 0.3) is 5.91 Å². The van der Waals surface area contributed by atoms with Crippen LogP contribution >= 0.6 is 0 Å². The normalized spacial score (nSPS) is 13.6. The lowest BCUT2D eigenvalue weighted by atomic mass is 10.1. The van der Waals surface area contributed by atoms with Gasteiger partial charge >= 0.3 is 0 Å². The molecule has 1 N–H and O–H groups in total. The summed E-state index contributed by atoms with van der Waals surface area (Å²) in [6, 6.07) is 14.6. The van der Waals surface area contributed by atoms with Crippen molar-refractivity contribution in [2.24, 2.45) is 0 Å². The van der Waals surface area contributed by atoms with Gasteiger partial charge in [0.1, 0.15) is 23.8 Å². The molecule has 4 rings (SSSR count). The van der Waals surface area contributed by atoms with E-state index in [2.05, 4.69) is 31.2 Å². The summed E-state index contributed by atoms with van der Waals surface area (Å²) in [5.74, 6) is 2.20. The van der Waals surface area contributed by atoms with Crippen LogP contribution in [0, 0.1) is 18.3 Å². The van der Waals surface area contributed by atoms with Crippen LogP contribution < -0.4 is 10.2 Å². The molecule has 0 bridgehead atoms. The maximum Gasteiger partial charge on any atom is 0.253 e. The number of amides is 1. The Balaban J connectivity index is 1.39. The molecule has 1 aliphatic rings. The molecule has 2 aromatic heterocycles. The van der Waals surface area contributed by atoms with Crippen molar-refractivity contribution in [2.45, 2.75) is 6.92 Å². The number of nitriles is 1. The molecule has 30 heavy (non-hydrogen) atoms. The van der Waals surface area contributed by atoms with Crippen molar-refractivity contribution in [1.82, 2.24) is 19.9 Å². The van der Waals surface area contributed by atoms with Crippen LogP contribution in [0.5, 0.6) is 0 Å². The Morgan fingerprint density at radius 3 is 2.43 bits per heavy atom. The molecule has 1 amide bonds. The number of hydrogen-bond acceptors (Lipinski definition) is 7. The zero-order valence-electron chi connectivity index (χ0n) is 16.6. The summed E-state index contributed by atoms with van der Waals surface area (Å²) >= 11 is 0. The largest absolute Gasteiger partial charge is 0.353 e. The molecule has 1 saturated heterocycles. The first-order valence-electron chi connectivity index (χ1n) is 9.68. The summed E-state index contributed by atoms with van der Waals surface area (Å²) in [4.78, 5) is 29.6. The number of anilines is 3. The van der Waals surface area contributed by atoms with E-state index in [4.69, 9.17) is 5.26 Å². The highest BCUT2D eigenvalue weighted by Gasteiger charge is 2.23. The van der Waals surface area contributed by atoms with Gasteiger partial charge in [-0.2, -0.15) is 5.26 Å². The maximum absolute atomic E-state index is 12.7. The van der Waals surface area contributed by atoms with Gasteiger partial charge in [-0.3, -0.25) is 4.79 Å². The number of carbonyl (C=O) groups excluding carboxylic acids is 1. The van der Waals surface area contributed by atoms with Gasteiger partial charge in [-0.05, 0) is 48.9 Å². The quantitative estimate of drug-likeness (QED) is 0.720. The predicted octanol–water partition coefficient (Wildman–Crippen LogP) is 2.76. The Hall–Kier alpha value is -3.99. The van der Waals surface area contributed by atoms with E-state index < -0.39 is 0 Å². The average molecular weight is 399 g/mol. The SMILES string of the molecule is Cc1ccnc(Nc2cc(N3CCN(C(=O)c4ccc(C#N)cc4)CC3)ncn2)c1. The predicted molar refractivity (Wildman–Crippen MR) is 114 cm³/mol. The summed E-state index contributed by atoms with van der Waals surface area (Å²) in [6.45, 7) is 4.58. The molecule has 0 radical (unpaired) electrons. The highest BCUT2D eigenvalue weighted by molar-refractivity contribution is 5.94. The molecule has 8 nitrogen and oxygen atoms in total. The fraction of sp³-hybridized carbons (Fsp3) is 0.227. The molecule has 3 heterocycles. The zero-order chi connectivity index (χ0) is 20.9. The van der Waals surface area contributed by atoms with Crippen LogP contribution in [0.1, 0.15) is 21.5 Å². The highest BCUT2D eigenvalue weighted by Crippen LogP contribution is 2.20. The minimum absolute atomic E-state index is 0.0188. The minimum Gasteiger partial charge on any atom is -0.353 e. The molecule has 3 aromatic rings. The molecule has 150 valence electrons. The van der Waals surface area contributed by atoms with E-state index in [-0.39, 0.29) is 5.91 Å². The summed E-state index contributed by atoms with van der Waals surface area (Å²) in [6.07, 6.45) is 3.28. The number of aryl methyl sites for hydroxylation is 1. The first-order valence-corrected chi connectivity index (χ1v) is 9.68. The van der Waals surface area contributed by atoms with Crippen LogP contribution in [0.4, 0.5) is 17.5 Å². The first-order chi connectivity index (χ1) is 14.6. The second-order valence-corrected chi connectivity index (χ2v) is 7.07. The van der Waals surface area contributed by atoms with Crippen molar-refractivity contribution >= 4 is 23.4 Å². The fourth-order valence-electron chi connectivity index (χ4n) is 3.33. The number of benzene rings is 1. The average Bonchev–Trinajstić information content (AvgIpc) is 2.79. The van der Waals surface area contributed by atoms with Gasteiger partial charge in [-0.15, -0.1) is 0 Å².